The van der Waals surface area contributed by atoms with Crippen molar-refractivity contribution in [2.24, 2.45) is 5.11 Å². The number of nitrogens with zero attached hydrogens (tertiary/aromatic N) is 5. The first-order valence-electron chi connectivity index (χ1n) is 7.01. The lowest BCUT2D eigenvalue weighted by atomic mass is 10.0. The van der Waals surface area contributed by atoms with Crippen LogP contribution in [-0.4, -0.2) is 15.5 Å². The lowest BCUT2D eigenvalue weighted by Gasteiger charge is -2.14. The molecule has 1 heterocycles. The van der Waals surface area contributed by atoms with E-state index in [2.05, 4.69) is 15.0 Å². The van der Waals surface area contributed by atoms with Crippen molar-refractivity contribution < 1.29 is 4.79 Å². The fourth-order valence-electron chi connectivity index (χ4n) is 2.79. The summed E-state index contributed by atoms with van der Waals surface area (Å²) in [7, 11) is 0. The van der Waals surface area contributed by atoms with Crippen molar-refractivity contribution in [3.8, 4) is 0 Å². The van der Waals surface area contributed by atoms with Gasteiger partial charge in [-0.05, 0) is 41.9 Å². The molecule has 0 spiro atoms. The summed E-state index contributed by atoms with van der Waals surface area (Å²) in [5, 5.41) is 3.20. The summed E-state index contributed by atoms with van der Waals surface area (Å²) in [5.74, 6) is -0.355. The molecule has 21 heavy (non-hydrogen) atoms. The number of rotatable bonds is 3. The van der Waals surface area contributed by atoms with Crippen molar-refractivity contribution in [2.45, 2.75) is 32.2 Å². The van der Waals surface area contributed by atoms with E-state index >= 15 is 0 Å². The second kappa shape index (κ2) is 5.81. The number of hydrogen-bond donors (Lipinski definition) is 0. The summed E-state index contributed by atoms with van der Waals surface area (Å²) >= 11 is 0. The Morgan fingerprint density at radius 1 is 1.29 bits per heavy atom. The van der Waals surface area contributed by atoms with Gasteiger partial charge >= 0.3 is 0 Å². The highest BCUT2D eigenvalue weighted by Crippen LogP contribution is 2.23. The molecule has 0 saturated heterocycles. The Labute approximate surface area is 122 Å². The quantitative estimate of drug-likeness (QED) is 0.491. The van der Waals surface area contributed by atoms with Gasteiger partial charge in [0.05, 0.1) is 5.69 Å². The molecular formula is C15H15N5O. The van der Waals surface area contributed by atoms with Gasteiger partial charge < -0.3 is 4.57 Å². The lowest BCUT2D eigenvalue weighted by Crippen LogP contribution is -2.13. The number of amides is 1. The van der Waals surface area contributed by atoms with E-state index in [0.29, 0.717) is 6.54 Å². The number of benzene rings is 1. The van der Waals surface area contributed by atoms with Crippen molar-refractivity contribution in [3.63, 3.8) is 0 Å². The molecule has 1 aliphatic rings. The second-order valence-corrected chi connectivity index (χ2v) is 5.10. The average molecular weight is 281 g/mol. The number of carbonyl (C=O) groups excluding carboxylic acids is 1. The van der Waals surface area contributed by atoms with E-state index in [4.69, 9.17) is 5.53 Å². The zero-order chi connectivity index (χ0) is 14.7. The normalized spacial score (nSPS) is 13.3. The number of aryl methyl sites for hydroxylation is 1. The predicted octanol–water partition coefficient (Wildman–Crippen LogP) is 3.26. The summed E-state index contributed by atoms with van der Waals surface area (Å²) in [4.78, 5) is 19.0. The summed E-state index contributed by atoms with van der Waals surface area (Å²) < 4.78 is 1.90. The van der Waals surface area contributed by atoms with Crippen LogP contribution in [0.25, 0.3) is 10.4 Å². The van der Waals surface area contributed by atoms with Gasteiger partial charge in [0, 0.05) is 17.2 Å². The fraction of sp³-hybridized carbons (Fsp3) is 0.333. The third-order valence-corrected chi connectivity index (χ3v) is 3.74. The Morgan fingerprint density at radius 3 is 2.81 bits per heavy atom. The second-order valence-electron chi connectivity index (χ2n) is 5.10. The highest BCUT2D eigenvalue weighted by atomic mass is 16.2. The van der Waals surface area contributed by atoms with Gasteiger partial charge in [0.15, 0.2) is 5.82 Å². The third kappa shape index (κ3) is 2.66. The predicted molar refractivity (Wildman–Crippen MR) is 77.9 cm³/mol. The van der Waals surface area contributed by atoms with Crippen LogP contribution in [0, 0.1) is 0 Å². The van der Waals surface area contributed by atoms with E-state index in [9.17, 15) is 4.79 Å². The Balaban J connectivity index is 2.05. The molecule has 106 valence electrons. The van der Waals surface area contributed by atoms with E-state index in [1.165, 1.54) is 0 Å². The smallest absolute Gasteiger partial charge is 0.284 e. The van der Waals surface area contributed by atoms with Gasteiger partial charge in [-0.15, -0.1) is 0 Å². The maximum atomic E-state index is 12.0. The van der Waals surface area contributed by atoms with Crippen LogP contribution in [0.15, 0.2) is 35.4 Å². The first-order valence-corrected chi connectivity index (χ1v) is 7.01. The van der Waals surface area contributed by atoms with Crippen LogP contribution >= 0.6 is 0 Å². The van der Waals surface area contributed by atoms with E-state index in [-0.39, 0.29) is 5.82 Å². The van der Waals surface area contributed by atoms with Crippen molar-refractivity contribution in [1.29, 1.82) is 0 Å². The number of carbonyl (C=O) groups is 1. The van der Waals surface area contributed by atoms with E-state index < -0.39 is 5.91 Å². The van der Waals surface area contributed by atoms with Crippen molar-refractivity contribution in [3.05, 3.63) is 63.6 Å². The van der Waals surface area contributed by atoms with Gasteiger partial charge in [0.25, 0.3) is 5.91 Å². The number of aromatic nitrogens is 2. The van der Waals surface area contributed by atoms with Gasteiger partial charge in [-0.2, -0.15) is 0 Å². The largest absolute Gasteiger partial charge is 0.321 e. The van der Waals surface area contributed by atoms with Crippen molar-refractivity contribution >= 4 is 5.91 Å². The monoisotopic (exact) mass is 281 g/mol. The fourth-order valence-corrected chi connectivity index (χ4v) is 2.79. The summed E-state index contributed by atoms with van der Waals surface area (Å²) in [6, 6.07) is 9.91. The molecule has 0 aliphatic heterocycles. The number of fused-ring (bicyclic) bond motifs is 1. The molecule has 0 radical (unpaired) electrons. The SMILES string of the molecule is [N-]=[N+]=NC(=O)c1nc2c(n1Cc1ccccc1)CCCC2. The highest BCUT2D eigenvalue weighted by Gasteiger charge is 2.23. The molecule has 0 N–H and O–H groups in total. The summed E-state index contributed by atoms with van der Waals surface area (Å²) in [6.07, 6.45) is 3.99. The number of imidazole rings is 1. The van der Waals surface area contributed by atoms with E-state index in [0.717, 1.165) is 42.6 Å². The van der Waals surface area contributed by atoms with Crippen LogP contribution in [0.4, 0.5) is 0 Å². The number of azide groups is 1. The molecule has 0 bridgehead atoms. The maximum absolute atomic E-state index is 12.0. The zero-order valence-corrected chi connectivity index (χ0v) is 11.6. The minimum absolute atomic E-state index is 0.253. The molecule has 2 aromatic rings. The van der Waals surface area contributed by atoms with Gasteiger partial charge in [-0.3, -0.25) is 4.79 Å². The molecule has 3 rings (SSSR count). The maximum Gasteiger partial charge on any atom is 0.284 e. The highest BCUT2D eigenvalue weighted by molar-refractivity contribution is 5.91. The van der Waals surface area contributed by atoms with Crippen LogP contribution in [0.5, 0.6) is 0 Å². The molecule has 0 saturated carbocycles. The molecule has 1 aliphatic carbocycles. The molecule has 1 aromatic carbocycles. The Bertz CT molecular complexity index is 713. The lowest BCUT2D eigenvalue weighted by molar-refractivity contribution is 0.0986. The summed E-state index contributed by atoms with van der Waals surface area (Å²) in [5.41, 5.74) is 11.6. The minimum atomic E-state index is -0.608. The van der Waals surface area contributed by atoms with Crippen molar-refractivity contribution in [1.82, 2.24) is 9.55 Å². The van der Waals surface area contributed by atoms with Crippen molar-refractivity contribution in [2.75, 3.05) is 0 Å². The van der Waals surface area contributed by atoms with Crippen LogP contribution in [0.3, 0.4) is 0 Å². The average Bonchev–Trinajstić information content (AvgIpc) is 2.88. The third-order valence-electron chi connectivity index (χ3n) is 3.74. The van der Waals surface area contributed by atoms with E-state index in [1.54, 1.807) is 0 Å². The topological polar surface area (TPSA) is 83.7 Å². The standard InChI is InChI=1S/C15H15N5O/c16-19-18-15(21)14-17-12-8-4-5-9-13(12)20(14)10-11-6-2-1-3-7-11/h1-3,6-7H,4-5,8-10H2. The molecular weight excluding hydrogens is 266 g/mol. The van der Waals surface area contributed by atoms with E-state index in [1.807, 2.05) is 34.9 Å². The minimum Gasteiger partial charge on any atom is -0.321 e. The van der Waals surface area contributed by atoms with Gasteiger partial charge in [0.1, 0.15) is 0 Å². The molecule has 0 atom stereocenters. The molecule has 1 aromatic heterocycles. The van der Waals surface area contributed by atoms with Gasteiger partial charge in [-0.1, -0.05) is 30.3 Å². The van der Waals surface area contributed by atoms with Gasteiger partial charge in [-0.25, -0.2) is 4.98 Å². The number of hydrogen-bond acceptors (Lipinski definition) is 2. The van der Waals surface area contributed by atoms with Crippen LogP contribution < -0.4 is 0 Å². The molecule has 6 nitrogen and oxygen atoms in total. The first kappa shape index (κ1) is 13.4. The van der Waals surface area contributed by atoms with Crippen LogP contribution in [0.1, 0.15) is 40.4 Å². The Kier molecular flexibility index (Phi) is 3.71. The summed E-state index contributed by atoms with van der Waals surface area (Å²) in [6.45, 7) is 0.575. The van der Waals surface area contributed by atoms with Crippen LogP contribution in [-0.2, 0) is 19.4 Å². The molecule has 0 unspecified atom stereocenters. The Hall–Kier alpha value is -2.59. The first-order chi connectivity index (χ1) is 10.3. The van der Waals surface area contributed by atoms with Crippen LogP contribution in [0.2, 0.25) is 0 Å². The zero-order valence-electron chi connectivity index (χ0n) is 11.6. The molecule has 6 heteroatoms. The molecule has 1 amide bonds. The van der Waals surface area contributed by atoms with Gasteiger partial charge in [0.2, 0.25) is 0 Å². The Morgan fingerprint density at radius 2 is 2.05 bits per heavy atom. The molecule has 0 fully saturated rings.